The molecule has 0 radical (unpaired) electrons. The molecular weight excluding hydrogens is 330 g/mol. The van der Waals surface area contributed by atoms with Gasteiger partial charge >= 0.3 is 11.8 Å². The van der Waals surface area contributed by atoms with Gasteiger partial charge in [0.25, 0.3) is 10.0 Å². The average molecular weight is 338 g/mol. The topological polar surface area (TPSA) is 125 Å². The Labute approximate surface area is 110 Å². The summed E-state index contributed by atoms with van der Waals surface area (Å²) in [5, 5.41) is 8.14. The summed E-state index contributed by atoms with van der Waals surface area (Å²) in [5.74, 6) is -2.74. The molecule has 0 aliphatic heterocycles. The summed E-state index contributed by atoms with van der Waals surface area (Å²) in [6, 6.07) is 5.59. The van der Waals surface area contributed by atoms with Crippen LogP contribution in [-0.2, 0) is 19.6 Å². The van der Waals surface area contributed by atoms with Crippen LogP contribution < -0.4 is 15.7 Å². The first kappa shape index (κ1) is 14.6. The molecule has 1 aromatic rings. The van der Waals surface area contributed by atoms with Gasteiger partial charge in [-0.05, 0) is 24.3 Å². The predicted octanol–water partition coefficient (Wildman–Crippen LogP) is -0.736. The van der Waals surface area contributed by atoms with Crippen LogP contribution in [0.3, 0.4) is 0 Å². The van der Waals surface area contributed by atoms with Crippen LogP contribution in [0.2, 0.25) is 0 Å². The van der Waals surface area contributed by atoms with Crippen molar-refractivity contribution in [2.75, 3.05) is 0 Å². The van der Waals surface area contributed by atoms with E-state index in [1.807, 2.05) is 0 Å². The van der Waals surface area contributed by atoms with E-state index < -0.39 is 21.8 Å². The smallest absolute Gasteiger partial charge is 0.288 e. The Kier molecular flexibility index (Phi) is 4.78. The molecule has 1 rings (SSSR count). The second-order valence-electron chi connectivity index (χ2n) is 2.95. The first-order valence-electron chi connectivity index (χ1n) is 4.38. The van der Waals surface area contributed by atoms with Crippen molar-refractivity contribution in [2.45, 2.75) is 4.90 Å². The number of hydrazine groups is 1. The SMILES string of the molecule is O=C(NO)C(=O)NNS(=O)(=O)c1ccc(Br)cc1. The van der Waals surface area contributed by atoms with Gasteiger partial charge in [-0.3, -0.25) is 20.2 Å². The van der Waals surface area contributed by atoms with E-state index >= 15 is 0 Å². The quantitative estimate of drug-likeness (QED) is 0.328. The lowest BCUT2D eigenvalue weighted by Crippen LogP contribution is -2.47. The fourth-order valence-corrected chi connectivity index (χ4v) is 2.00. The Bertz CT molecular complexity index is 557. The van der Waals surface area contributed by atoms with Crippen LogP contribution >= 0.6 is 15.9 Å². The van der Waals surface area contributed by atoms with E-state index in [1.165, 1.54) is 24.3 Å². The standard InChI is InChI=1S/C8H8BrN3O5S/c9-5-1-3-6(4-2-5)18(16,17)12-10-7(13)8(14)11-15/h1-4,12,15H,(H,10,13)(H,11,14). The van der Waals surface area contributed by atoms with Crippen molar-refractivity contribution in [1.82, 2.24) is 15.7 Å². The number of halogens is 1. The zero-order chi connectivity index (χ0) is 13.8. The Hall–Kier alpha value is -1.49. The molecule has 0 spiro atoms. The van der Waals surface area contributed by atoms with E-state index in [2.05, 4.69) is 15.9 Å². The molecular formula is C8H8BrN3O5S. The molecule has 18 heavy (non-hydrogen) atoms. The van der Waals surface area contributed by atoms with Gasteiger partial charge < -0.3 is 0 Å². The normalized spacial score (nSPS) is 10.8. The van der Waals surface area contributed by atoms with Gasteiger partial charge in [0.15, 0.2) is 0 Å². The van der Waals surface area contributed by atoms with E-state index in [1.54, 1.807) is 10.3 Å². The van der Waals surface area contributed by atoms with Crippen molar-refractivity contribution in [2.24, 2.45) is 0 Å². The Morgan fingerprint density at radius 1 is 1.11 bits per heavy atom. The average Bonchev–Trinajstić information content (AvgIpc) is 2.35. The fraction of sp³-hybridized carbons (Fsp3) is 0. The van der Waals surface area contributed by atoms with Gasteiger partial charge in [-0.25, -0.2) is 13.9 Å². The summed E-state index contributed by atoms with van der Waals surface area (Å²) in [6.45, 7) is 0. The molecule has 0 unspecified atom stereocenters. The zero-order valence-electron chi connectivity index (χ0n) is 8.68. The minimum absolute atomic E-state index is 0.101. The maximum Gasteiger partial charge on any atom is 0.334 e. The molecule has 0 aliphatic carbocycles. The molecule has 8 nitrogen and oxygen atoms in total. The van der Waals surface area contributed by atoms with Crippen molar-refractivity contribution in [3.05, 3.63) is 28.7 Å². The van der Waals surface area contributed by atoms with Crippen LogP contribution in [0.4, 0.5) is 0 Å². The van der Waals surface area contributed by atoms with E-state index in [4.69, 9.17) is 5.21 Å². The Balaban J connectivity index is 2.74. The van der Waals surface area contributed by atoms with E-state index in [9.17, 15) is 18.0 Å². The number of amides is 2. The van der Waals surface area contributed by atoms with E-state index in [-0.39, 0.29) is 4.90 Å². The molecule has 98 valence electrons. The molecule has 0 fully saturated rings. The summed E-state index contributed by atoms with van der Waals surface area (Å²) in [4.78, 5) is 23.1. The summed E-state index contributed by atoms with van der Waals surface area (Å²) in [6.07, 6.45) is 0. The largest absolute Gasteiger partial charge is 0.334 e. The van der Waals surface area contributed by atoms with Gasteiger partial charge in [0.05, 0.1) is 4.90 Å². The van der Waals surface area contributed by atoms with Gasteiger partial charge in [-0.1, -0.05) is 15.9 Å². The minimum atomic E-state index is -3.98. The lowest BCUT2D eigenvalue weighted by atomic mass is 10.4. The molecule has 0 heterocycles. The van der Waals surface area contributed by atoms with Crippen molar-refractivity contribution < 1.29 is 23.2 Å². The maximum absolute atomic E-state index is 11.6. The van der Waals surface area contributed by atoms with Gasteiger partial charge in [0, 0.05) is 4.47 Å². The van der Waals surface area contributed by atoms with Crippen LogP contribution in [0.25, 0.3) is 0 Å². The number of nitrogens with one attached hydrogen (secondary N) is 3. The van der Waals surface area contributed by atoms with Crippen LogP contribution in [0.1, 0.15) is 0 Å². The van der Waals surface area contributed by atoms with Crippen LogP contribution in [0, 0.1) is 0 Å². The number of sulfonamides is 1. The van der Waals surface area contributed by atoms with E-state index in [0.717, 1.165) is 5.48 Å². The van der Waals surface area contributed by atoms with Gasteiger partial charge in [-0.2, -0.15) is 0 Å². The third-order valence-electron chi connectivity index (χ3n) is 1.73. The fourth-order valence-electron chi connectivity index (χ4n) is 0.894. The number of hydroxylamine groups is 1. The minimum Gasteiger partial charge on any atom is -0.288 e. The lowest BCUT2D eigenvalue weighted by molar-refractivity contribution is -0.144. The predicted molar refractivity (Wildman–Crippen MR) is 62.5 cm³/mol. The van der Waals surface area contributed by atoms with Gasteiger partial charge in [0.1, 0.15) is 0 Å². The Morgan fingerprint density at radius 2 is 1.67 bits per heavy atom. The highest BCUT2D eigenvalue weighted by Crippen LogP contribution is 2.13. The molecule has 2 amide bonds. The molecule has 0 bridgehead atoms. The molecule has 0 saturated heterocycles. The Morgan fingerprint density at radius 3 is 2.17 bits per heavy atom. The van der Waals surface area contributed by atoms with Crippen LogP contribution in [0.5, 0.6) is 0 Å². The number of benzene rings is 1. The number of carbonyl (C=O) groups excluding carboxylic acids is 2. The number of hydrogen-bond acceptors (Lipinski definition) is 5. The molecule has 4 N–H and O–H groups in total. The highest BCUT2D eigenvalue weighted by Gasteiger charge is 2.18. The third kappa shape index (κ3) is 3.77. The van der Waals surface area contributed by atoms with Crippen molar-refractivity contribution in [1.29, 1.82) is 0 Å². The zero-order valence-corrected chi connectivity index (χ0v) is 11.1. The summed E-state index contributed by atoms with van der Waals surface area (Å²) < 4.78 is 23.9. The summed E-state index contributed by atoms with van der Waals surface area (Å²) in [7, 11) is -3.98. The van der Waals surface area contributed by atoms with Gasteiger partial charge in [0.2, 0.25) is 0 Å². The van der Waals surface area contributed by atoms with Crippen LogP contribution in [0.15, 0.2) is 33.6 Å². The second kappa shape index (κ2) is 5.91. The highest BCUT2D eigenvalue weighted by atomic mass is 79.9. The molecule has 0 saturated carbocycles. The van der Waals surface area contributed by atoms with Crippen molar-refractivity contribution in [3.8, 4) is 0 Å². The van der Waals surface area contributed by atoms with Crippen molar-refractivity contribution >= 4 is 37.8 Å². The van der Waals surface area contributed by atoms with E-state index in [0.29, 0.717) is 4.47 Å². The molecule has 1 aromatic carbocycles. The van der Waals surface area contributed by atoms with Crippen molar-refractivity contribution in [3.63, 3.8) is 0 Å². The second-order valence-corrected chi connectivity index (χ2v) is 5.55. The molecule has 0 atom stereocenters. The number of rotatable bonds is 3. The molecule has 0 aromatic heterocycles. The first-order valence-corrected chi connectivity index (χ1v) is 6.66. The molecule has 0 aliphatic rings. The highest BCUT2D eigenvalue weighted by molar-refractivity contribution is 9.10. The first-order chi connectivity index (χ1) is 8.36. The van der Waals surface area contributed by atoms with Gasteiger partial charge in [-0.15, -0.1) is 4.83 Å². The number of hydrogen-bond donors (Lipinski definition) is 4. The summed E-state index contributed by atoms with van der Waals surface area (Å²) in [5.41, 5.74) is 2.68. The molecule has 10 heteroatoms. The lowest BCUT2D eigenvalue weighted by Gasteiger charge is -2.07. The monoisotopic (exact) mass is 337 g/mol. The third-order valence-corrected chi connectivity index (χ3v) is 3.52. The van der Waals surface area contributed by atoms with Crippen LogP contribution in [-0.4, -0.2) is 25.4 Å². The number of carbonyl (C=O) groups is 2. The maximum atomic E-state index is 11.6. The summed E-state index contributed by atoms with van der Waals surface area (Å²) >= 11 is 3.14.